The molecule has 1 unspecified atom stereocenters. The van der Waals surface area contributed by atoms with Gasteiger partial charge in [0.15, 0.2) is 0 Å². The van der Waals surface area contributed by atoms with Crippen LogP contribution in [0.3, 0.4) is 0 Å². The molecule has 0 saturated heterocycles. The van der Waals surface area contributed by atoms with E-state index in [1.807, 2.05) is 37.3 Å². The standard InChI is InChI=1S/C34H38N4O5S/c1-5-38-31(28(18-35-38)34(40)41)24-15-23-16-25(43-4)12-14-26(23)32-30(21-9-7-6-8-10-21)27-13-11-22(17-29(27)37(32)19-24)33(39)36-44(42)20(2)3/h11-18,20-21H,5-10,19H2,1-4H3,(H,36,39)(H,40,41). The summed E-state index contributed by atoms with van der Waals surface area (Å²) in [6, 6.07) is 11.8. The fraction of sp³-hybridized carbons (Fsp3) is 0.382. The van der Waals surface area contributed by atoms with Gasteiger partial charge in [0.05, 0.1) is 31.2 Å². The number of aromatic nitrogens is 3. The second-order valence-corrected chi connectivity index (χ2v) is 13.6. The highest BCUT2D eigenvalue weighted by Crippen LogP contribution is 2.48. The molecule has 2 aromatic carbocycles. The first-order valence-corrected chi connectivity index (χ1v) is 16.5. The van der Waals surface area contributed by atoms with E-state index in [9.17, 15) is 18.9 Å². The van der Waals surface area contributed by atoms with Crippen molar-refractivity contribution in [3.05, 3.63) is 70.5 Å². The van der Waals surface area contributed by atoms with Crippen molar-refractivity contribution in [1.29, 1.82) is 0 Å². The van der Waals surface area contributed by atoms with Gasteiger partial charge in [-0.3, -0.25) is 14.2 Å². The molecule has 1 amide bonds. The molecule has 9 nitrogen and oxygen atoms in total. The van der Waals surface area contributed by atoms with Crippen molar-refractivity contribution in [2.45, 2.75) is 77.1 Å². The molecule has 0 bridgehead atoms. The Morgan fingerprint density at radius 3 is 2.57 bits per heavy atom. The number of carboxylic acid groups (broad SMARTS) is 1. The Kier molecular flexibility index (Phi) is 8.20. The molecular weight excluding hydrogens is 576 g/mol. The Hall–Kier alpha value is -4.18. The maximum absolute atomic E-state index is 13.3. The van der Waals surface area contributed by atoms with E-state index in [1.165, 1.54) is 18.2 Å². The predicted molar refractivity (Wildman–Crippen MR) is 173 cm³/mol. The van der Waals surface area contributed by atoms with Gasteiger partial charge in [0, 0.05) is 33.8 Å². The molecule has 10 heteroatoms. The van der Waals surface area contributed by atoms with Gasteiger partial charge < -0.3 is 14.4 Å². The summed E-state index contributed by atoms with van der Waals surface area (Å²) in [5.74, 6) is -0.362. The largest absolute Gasteiger partial charge is 0.497 e. The van der Waals surface area contributed by atoms with E-state index in [1.54, 1.807) is 25.6 Å². The minimum Gasteiger partial charge on any atom is -0.497 e. The minimum absolute atomic E-state index is 0.145. The number of carbonyl (C=O) groups excluding carboxylic acids is 1. The van der Waals surface area contributed by atoms with E-state index in [2.05, 4.69) is 26.5 Å². The molecule has 0 spiro atoms. The second-order valence-electron chi connectivity index (χ2n) is 11.8. The molecule has 44 heavy (non-hydrogen) atoms. The molecule has 2 N–H and O–H groups in total. The van der Waals surface area contributed by atoms with Crippen LogP contribution < -0.4 is 9.46 Å². The number of aryl methyl sites for hydroxylation is 1. The molecule has 1 aliphatic heterocycles. The van der Waals surface area contributed by atoms with Gasteiger partial charge >= 0.3 is 5.97 Å². The number of carboxylic acids is 1. The molecule has 230 valence electrons. The number of rotatable bonds is 8. The first-order chi connectivity index (χ1) is 21.2. The van der Waals surface area contributed by atoms with Gasteiger partial charge in [-0.1, -0.05) is 25.3 Å². The number of carbonyl (C=O) groups is 2. The highest BCUT2D eigenvalue weighted by Gasteiger charge is 2.31. The number of nitrogens with zero attached hydrogens (tertiary/aromatic N) is 3. The lowest BCUT2D eigenvalue weighted by Gasteiger charge is -2.24. The summed E-state index contributed by atoms with van der Waals surface area (Å²) >= 11 is 0. The third-order valence-electron chi connectivity index (χ3n) is 8.85. The fourth-order valence-electron chi connectivity index (χ4n) is 6.71. The molecular formula is C34H38N4O5S. The average Bonchev–Trinajstić information content (AvgIpc) is 3.55. The van der Waals surface area contributed by atoms with Crippen molar-refractivity contribution in [2.75, 3.05) is 7.11 Å². The monoisotopic (exact) mass is 614 g/mol. The van der Waals surface area contributed by atoms with Crippen LogP contribution in [0.15, 0.2) is 42.6 Å². The number of fused-ring (bicyclic) bond motifs is 5. The van der Waals surface area contributed by atoms with Gasteiger partial charge in [-0.25, -0.2) is 9.00 Å². The number of aromatic carboxylic acids is 1. The lowest BCUT2D eigenvalue weighted by molar-refractivity contribution is 0.0696. The van der Waals surface area contributed by atoms with E-state index < -0.39 is 17.0 Å². The minimum atomic E-state index is -1.50. The number of benzene rings is 2. The average molecular weight is 615 g/mol. The van der Waals surface area contributed by atoms with Crippen LogP contribution in [0.4, 0.5) is 0 Å². The second kappa shape index (κ2) is 12.1. The normalized spacial score (nSPS) is 15.8. The third kappa shape index (κ3) is 5.25. The first kappa shape index (κ1) is 29.9. The van der Waals surface area contributed by atoms with Crippen LogP contribution in [0.2, 0.25) is 0 Å². The molecule has 3 heterocycles. The number of nitrogens with one attached hydrogen (secondary N) is 1. The van der Waals surface area contributed by atoms with Crippen molar-refractivity contribution in [3.63, 3.8) is 0 Å². The number of methoxy groups -OCH3 is 1. The van der Waals surface area contributed by atoms with Crippen LogP contribution in [0.5, 0.6) is 5.75 Å². The molecule has 2 aromatic heterocycles. The number of ether oxygens (including phenoxy) is 1. The summed E-state index contributed by atoms with van der Waals surface area (Å²) < 4.78 is 24.7. The number of hydrogen-bond donors (Lipinski definition) is 2. The molecule has 1 aliphatic carbocycles. The lowest BCUT2D eigenvalue weighted by Crippen LogP contribution is -2.30. The Labute approximate surface area is 259 Å². The van der Waals surface area contributed by atoms with Crippen LogP contribution >= 0.6 is 0 Å². The van der Waals surface area contributed by atoms with Gasteiger partial charge in [0.2, 0.25) is 0 Å². The zero-order valence-corrected chi connectivity index (χ0v) is 26.4. The van der Waals surface area contributed by atoms with Gasteiger partial charge in [-0.15, -0.1) is 0 Å². The van der Waals surface area contributed by atoms with Crippen molar-refractivity contribution < 1.29 is 23.6 Å². The van der Waals surface area contributed by atoms with Crippen LogP contribution in [-0.4, -0.2) is 47.9 Å². The summed E-state index contributed by atoms with van der Waals surface area (Å²) in [5.41, 5.74) is 7.13. The number of hydrogen-bond acceptors (Lipinski definition) is 5. The molecule has 4 aromatic rings. The smallest absolute Gasteiger partial charge is 0.339 e. The van der Waals surface area contributed by atoms with E-state index >= 15 is 0 Å². The fourth-order valence-corrected chi connectivity index (χ4v) is 7.25. The quantitative estimate of drug-likeness (QED) is 0.230. The Balaban J connectivity index is 1.64. The van der Waals surface area contributed by atoms with Crippen molar-refractivity contribution in [2.24, 2.45) is 0 Å². The molecule has 1 fully saturated rings. The lowest BCUT2D eigenvalue weighted by atomic mass is 9.81. The Morgan fingerprint density at radius 2 is 1.89 bits per heavy atom. The van der Waals surface area contributed by atoms with Gasteiger partial charge in [-0.05, 0) is 92.6 Å². The summed E-state index contributed by atoms with van der Waals surface area (Å²) in [4.78, 5) is 25.6. The maximum atomic E-state index is 13.3. The van der Waals surface area contributed by atoms with E-state index in [-0.39, 0.29) is 16.7 Å². The number of allylic oxidation sites excluding steroid dienone is 1. The molecule has 0 radical (unpaired) electrons. The molecule has 2 aliphatic rings. The van der Waals surface area contributed by atoms with Gasteiger partial charge in [0.1, 0.15) is 22.3 Å². The van der Waals surface area contributed by atoms with E-state index in [0.717, 1.165) is 59.0 Å². The zero-order valence-electron chi connectivity index (χ0n) is 25.6. The molecule has 1 atom stereocenters. The summed E-state index contributed by atoms with van der Waals surface area (Å²) in [6.07, 6.45) is 9.18. The van der Waals surface area contributed by atoms with Gasteiger partial charge in [-0.2, -0.15) is 5.10 Å². The van der Waals surface area contributed by atoms with Crippen LogP contribution in [0, 0.1) is 0 Å². The highest BCUT2D eigenvalue weighted by atomic mass is 32.2. The Morgan fingerprint density at radius 1 is 1.11 bits per heavy atom. The third-order valence-corrected chi connectivity index (χ3v) is 10.1. The van der Waals surface area contributed by atoms with E-state index in [4.69, 9.17) is 4.74 Å². The van der Waals surface area contributed by atoms with E-state index in [0.29, 0.717) is 36.0 Å². The highest BCUT2D eigenvalue weighted by molar-refractivity contribution is 7.84. The molecule has 1 saturated carbocycles. The zero-order chi connectivity index (χ0) is 31.1. The topological polar surface area (TPSA) is 115 Å². The Bertz CT molecular complexity index is 1830. The van der Waals surface area contributed by atoms with Crippen molar-refractivity contribution in [1.82, 2.24) is 19.1 Å². The van der Waals surface area contributed by atoms with Gasteiger partial charge in [0.25, 0.3) is 5.91 Å². The maximum Gasteiger partial charge on any atom is 0.339 e. The van der Waals surface area contributed by atoms with Crippen LogP contribution in [0.25, 0.3) is 33.8 Å². The van der Waals surface area contributed by atoms with Crippen LogP contribution in [0.1, 0.15) is 96.3 Å². The summed E-state index contributed by atoms with van der Waals surface area (Å²) in [6.45, 7) is 6.44. The van der Waals surface area contributed by atoms with Crippen molar-refractivity contribution >= 4 is 45.4 Å². The first-order valence-electron chi connectivity index (χ1n) is 15.3. The summed E-state index contributed by atoms with van der Waals surface area (Å²) in [7, 11) is 0.138. The molecule has 6 rings (SSSR count). The predicted octanol–water partition coefficient (Wildman–Crippen LogP) is 6.64. The SMILES string of the molecule is CCn1ncc(C(=O)O)c1C1=Cc2cc(OC)ccc2-c2c(C3CCCCC3)c3ccc(C(=O)NS(=O)C(C)C)cc3n2C1. The van der Waals surface area contributed by atoms with Crippen LogP contribution in [-0.2, 0) is 24.1 Å². The summed E-state index contributed by atoms with van der Waals surface area (Å²) in [5, 5.41) is 15.4. The number of amides is 1. The van der Waals surface area contributed by atoms with Crippen molar-refractivity contribution in [3.8, 4) is 17.0 Å².